The Hall–Kier alpha value is -2.13. The van der Waals surface area contributed by atoms with Crippen molar-refractivity contribution >= 4 is 29.0 Å². The van der Waals surface area contributed by atoms with E-state index in [4.69, 9.17) is 11.6 Å². The number of Topliss-reactive ketones (excluding diaryl/α,β-unsaturated/α-hetero) is 1. The number of hydrogen-bond donors (Lipinski definition) is 1. The molecule has 0 atom stereocenters. The minimum atomic E-state index is -0.0660. The van der Waals surface area contributed by atoms with Crippen LogP contribution in [0.1, 0.15) is 21.5 Å². The summed E-state index contributed by atoms with van der Waals surface area (Å²) in [6.45, 7) is 0. The number of fused-ring (bicyclic) bond motifs is 1. The minimum Gasteiger partial charge on any atom is -0.325 e. The van der Waals surface area contributed by atoms with Crippen LogP contribution in [-0.2, 0) is 17.6 Å². The smallest absolute Gasteiger partial charge is 0.228 e. The number of hydrogen-bond acceptors (Lipinski definition) is 2. The highest BCUT2D eigenvalue weighted by Crippen LogP contribution is 2.30. The van der Waals surface area contributed by atoms with Crippen LogP contribution in [0.25, 0.3) is 0 Å². The SMILES string of the molecule is O=C1Cc2cc(C(=O)Cc3ccccc3)c(Cl)cc2N1. The molecule has 3 rings (SSSR count). The van der Waals surface area contributed by atoms with Gasteiger partial charge in [0.15, 0.2) is 5.78 Å². The van der Waals surface area contributed by atoms with E-state index in [0.29, 0.717) is 29.1 Å². The van der Waals surface area contributed by atoms with Crippen LogP contribution in [0, 0.1) is 0 Å². The summed E-state index contributed by atoms with van der Waals surface area (Å²) < 4.78 is 0. The number of benzene rings is 2. The van der Waals surface area contributed by atoms with Crippen molar-refractivity contribution in [3.63, 3.8) is 0 Å². The average Bonchev–Trinajstić information content (AvgIpc) is 2.78. The predicted octanol–water partition coefficient (Wildman–Crippen LogP) is 3.26. The van der Waals surface area contributed by atoms with E-state index in [2.05, 4.69) is 5.32 Å². The van der Waals surface area contributed by atoms with Crippen molar-refractivity contribution in [3.8, 4) is 0 Å². The second kappa shape index (κ2) is 5.10. The summed E-state index contributed by atoms with van der Waals surface area (Å²) >= 11 is 6.14. The fourth-order valence-corrected chi connectivity index (χ4v) is 2.61. The van der Waals surface area contributed by atoms with E-state index in [1.807, 2.05) is 30.3 Å². The van der Waals surface area contributed by atoms with Gasteiger partial charge in [0.1, 0.15) is 0 Å². The molecule has 1 aliphatic heterocycles. The Morgan fingerprint density at radius 3 is 2.70 bits per heavy atom. The fraction of sp³-hybridized carbons (Fsp3) is 0.125. The standard InChI is InChI=1S/C16H12ClNO2/c17-13-9-14-11(8-16(20)18-14)7-12(13)15(19)6-10-4-2-1-3-5-10/h1-5,7,9H,6,8H2,(H,18,20). The number of carbonyl (C=O) groups excluding carboxylic acids is 2. The molecule has 0 unspecified atom stereocenters. The van der Waals surface area contributed by atoms with Crippen LogP contribution in [0.3, 0.4) is 0 Å². The molecule has 4 heteroatoms. The third-order valence-electron chi connectivity index (χ3n) is 3.33. The van der Waals surface area contributed by atoms with Crippen LogP contribution in [0.15, 0.2) is 42.5 Å². The number of ketones is 1. The Labute approximate surface area is 121 Å². The van der Waals surface area contributed by atoms with Crippen LogP contribution >= 0.6 is 11.6 Å². The molecule has 2 aromatic rings. The first kappa shape index (κ1) is 12.9. The lowest BCUT2D eigenvalue weighted by atomic mass is 10.00. The van der Waals surface area contributed by atoms with Crippen LogP contribution in [0.5, 0.6) is 0 Å². The van der Waals surface area contributed by atoms with Crippen molar-refractivity contribution in [1.29, 1.82) is 0 Å². The molecule has 0 radical (unpaired) electrons. The molecule has 1 N–H and O–H groups in total. The van der Waals surface area contributed by atoms with Gasteiger partial charge in [0.05, 0.1) is 11.4 Å². The zero-order valence-electron chi connectivity index (χ0n) is 10.7. The van der Waals surface area contributed by atoms with Gasteiger partial charge in [-0.3, -0.25) is 9.59 Å². The van der Waals surface area contributed by atoms with Gasteiger partial charge in [-0.1, -0.05) is 41.9 Å². The highest BCUT2D eigenvalue weighted by Gasteiger charge is 2.21. The number of halogens is 1. The highest BCUT2D eigenvalue weighted by molar-refractivity contribution is 6.34. The third-order valence-corrected chi connectivity index (χ3v) is 3.64. The molecule has 1 heterocycles. The van der Waals surface area contributed by atoms with Crippen molar-refractivity contribution in [2.75, 3.05) is 5.32 Å². The van der Waals surface area contributed by atoms with Crippen LogP contribution < -0.4 is 5.32 Å². The second-order valence-corrected chi connectivity index (χ2v) is 5.21. The Kier molecular flexibility index (Phi) is 3.28. The molecule has 2 aromatic carbocycles. The van der Waals surface area contributed by atoms with E-state index >= 15 is 0 Å². The fourth-order valence-electron chi connectivity index (χ4n) is 2.34. The number of amides is 1. The summed E-state index contributed by atoms with van der Waals surface area (Å²) in [6, 6.07) is 12.9. The van der Waals surface area contributed by atoms with Gasteiger partial charge in [-0.15, -0.1) is 0 Å². The lowest BCUT2D eigenvalue weighted by molar-refractivity contribution is -0.115. The zero-order valence-corrected chi connectivity index (χ0v) is 11.4. The molecule has 0 saturated heterocycles. The summed E-state index contributed by atoms with van der Waals surface area (Å²) in [5.74, 6) is -0.105. The third kappa shape index (κ3) is 2.45. The van der Waals surface area contributed by atoms with Gasteiger partial charge in [0.25, 0.3) is 0 Å². The molecule has 1 amide bonds. The quantitative estimate of drug-likeness (QED) is 0.880. The van der Waals surface area contributed by atoms with Crippen molar-refractivity contribution in [3.05, 3.63) is 64.2 Å². The Bertz CT molecular complexity index is 695. The van der Waals surface area contributed by atoms with Gasteiger partial charge in [-0.2, -0.15) is 0 Å². The van der Waals surface area contributed by atoms with E-state index in [1.54, 1.807) is 12.1 Å². The molecule has 1 aliphatic rings. The summed E-state index contributed by atoms with van der Waals surface area (Å²) in [6.07, 6.45) is 0.610. The normalized spacial score (nSPS) is 12.9. The van der Waals surface area contributed by atoms with Gasteiger partial charge >= 0.3 is 0 Å². The van der Waals surface area contributed by atoms with E-state index in [9.17, 15) is 9.59 Å². The van der Waals surface area contributed by atoms with Crippen LogP contribution in [0.4, 0.5) is 5.69 Å². The summed E-state index contributed by atoms with van der Waals surface area (Å²) in [7, 11) is 0. The Morgan fingerprint density at radius 2 is 1.95 bits per heavy atom. The molecule has 0 bridgehead atoms. The number of nitrogens with one attached hydrogen (secondary N) is 1. The van der Waals surface area contributed by atoms with E-state index in [-0.39, 0.29) is 11.7 Å². The van der Waals surface area contributed by atoms with Crippen molar-refractivity contribution in [2.24, 2.45) is 0 Å². The molecule has 0 fully saturated rings. The van der Waals surface area contributed by atoms with E-state index in [1.165, 1.54) is 0 Å². The van der Waals surface area contributed by atoms with Crippen molar-refractivity contribution in [1.82, 2.24) is 0 Å². The number of rotatable bonds is 3. The maximum absolute atomic E-state index is 12.3. The maximum Gasteiger partial charge on any atom is 0.228 e. The van der Waals surface area contributed by atoms with E-state index < -0.39 is 0 Å². The average molecular weight is 286 g/mol. The Balaban J connectivity index is 1.89. The van der Waals surface area contributed by atoms with Gasteiger partial charge in [-0.05, 0) is 23.3 Å². The number of anilines is 1. The first-order valence-corrected chi connectivity index (χ1v) is 6.70. The van der Waals surface area contributed by atoms with E-state index in [0.717, 1.165) is 11.1 Å². The minimum absolute atomic E-state index is 0.0386. The molecule has 0 spiro atoms. The number of carbonyl (C=O) groups is 2. The second-order valence-electron chi connectivity index (χ2n) is 4.80. The molecule has 0 aromatic heterocycles. The van der Waals surface area contributed by atoms with Crippen LogP contribution in [0.2, 0.25) is 5.02 Å². The van der Waals surface area contributed by atoms with Gasteiger partial charge in [-0.25, -0.2) is 0 Å². The molecular formula is C16H12ClNO2. The van der Waals surface area contributed by atoms with Crippen molar-refractivity contribution in [2.45, 2.75) is 12.8 Å². The topological polar surface area (TPSA) is 46.2 Å². The summed E-state index contributed by atoms with van der Waals surface area (Å²) in [4.78, 5) is 23.7. The van der Waals surface area contributed by atoms with Crippen LogP contribution in [-0.4, -0.2) is 11.7 Å². The molecule has 100 valence electrons. The zero-order chi connectivity index (χ0) is 14.1. The molecule has 3 nitrogen and oxygen atoms in total. The molecular weight excluding hydrogens is 274 g/mol. The molecule has 0 aliphatic carbocycles. The van der Waals surface area contributed by atoms with Gasteiger partial charge in [0.2, 0.25) is 5.91 Å². The molecule has 20 heavy (non-hydrogen) atoms. The predicted molar refractivity (Wildman–Crippen MR) is 78.3 cm³/mol. The van der Waals surface area contributed by atoms with Crippen molar-refractivity contribution < 1.29 is 9.59 Å². The first-order chi connectivity index (χ1) is 9.63. The van der Waals surface area contributed by atoms with Gasteiger partial charge in [0, 0.05) is 17.7 Å². The lowest BCUT2D eigenvalue weighted by Gasteiger charge is -2.07. The summed E-state index contributed by atoms with van der Waals surface area (Å²) in [5.41, 5.74) is 2.96. The van der Waals surface area contributed by atoms with Gasteiger partial charge < -0.3 is 5.32 Å². The largest absolute Gasteiger partial charge is 0.325 e. The highest BCUT2D eigenvalue weighted by atomic mass is 35.5. The first-order valence-electron chi connectivity index (χ1n) is 6.33. The Morgan fingerprint density at radius 1 is 1.20 bits per heavy atom. The summed E-state index contributed by atoms with van der Waals surface area (Å²) in [5, 5.41) is 3.10. The maximum atomic E-state index is 12.3. The lowest BCUT2D eigenvalue weighted by Crippen LogP contribution is -2.05. The monoisotopic (exact) mass is 285 g/mol. The molecule has 0 saturated carbocycles.